The van der Waals surface area contributed by atoms with Gasteiger partial charge in [0.15, 0.2) is 0 Å². The number of rotatable bonds is 3. The predicted octanol–water partition coefficient (Wildman–Crippen LogP) is 2.20. The quantitative estimate of drug-likeness (QED) is 0.911. The number of hydrogen-bond acceptors (Lipinski definition) is 3. The first kappa shape index (κ1) is 15.2. The van der Waals surface area contributed by atoms with Crippen LogP contribution < -0.4 is 10.5 Å². The first-order valence-corrected chi connectivity index (χ1v) is 7.84. The summed E-state index contributed by atoms with van der Waals surface area (Å²) in [5.74, 6) is -0.301. The summed E-state index contributed by atoms with van der Waals surface area (Å²) in [6, 6.07) is 11.6. The molecule has 0 unspecified atom stereocenters. The second-order valence-corrected chi connectivity index (χ2v) is 6.34. The van der Waals surface area contributed by atoms with Crippen molar-refractivity contribution in [2.24, 2.45) is 5.14 Å². The Labute approximate surface area is 123 Å². The number of hydrogen-bond donors (Lipinski definition) is 2. The van der Waals surface area contributed by atoms with Gasteiger partial charge in [-0.05, 0) is 49.2 Å². The summed E-state index contributed by atoms with van der Waals surface area (Å²) in [5.41, 5.74) is 2.47. The van der Waals surface area contributed by atoms with Gasteiger partial charge in [-0.25, -0.2) is 13.6 Å². The van der Waals surface area contributed by atoms with Crippen LogP contribution in [-0.2, 0) is 10.0 Å². The predicted molar refractivity (Wildman–Crippen MR) is 81.7 cm³/mol. The highest BCUT2D eigenvalue weighted by Crippen LogP contribution is 2.24. The Morgan fingerprint density at radius 3 is 2.29 bits per heavy atom. The fraction of sp³-hybridized carbons (Fsp3) is 0.133. The molecule has 0 aliphatic carbocycles. The largest absolute Gasteiger partial charge is 0.322 e. The number of anilines is 1. The van der Waals surface area contributed by atoms with E-state index in [2.05, 4.69) is 5.32 Å². The van der Waals surface area contributed by atoms with E-state index in [9.17, 15) is 13.2 Å². The van der Waals surface area contributed by atoms with E-state index in [1.165, 1.54) is 12.1 Å². The first-order valence-electron chi connectivity index (χ1n) is 6.29. The maximum Gasteiger partial charge on any atom is 0.255 e. The number of benzene rings is 2. The van der Waals surface area contributed by atoms with Crippen molar-refractivity contribution in [3.8, 4) is 0 Å². The summed E-state index contributed by atoms with van der Waals surface area (Å²) in [7, 11) is -3.82. The standard InChI is InChI=1S/C15H16N2O3S/c1-10-8-13(21(16,19)20)9-14(11(10)2)17-15(18)12-6-4-3-5-7-12/h3-9H,1-2H3,(H,17,18)(H2,16,19,20). The van der Waals surface area contributed by atoms with Crippen molar-refractivity contribution in [3.63, 3.8) is 0 Å². The molecule has 2 aromatic rings. The maximum absolute atomic E-state index is 12.1. The molecule has 0 fully saturated rings. The zero-order chi connectivity index (χ0) is 15.6. The minimum absolute atomic E-state index is 0.0195. The third-order valence-corrected chi connectivity index (χ3v) is 4.15. The molecule has 2 aromatic carbocycles. The van der Waals surface area contributed by atoms with E-state index in [1.54, 1.807) is 31.2 Å². The van der Waals surface area contributed by atoms with Gasteiger partial charge >= 0.3 is 0 Å². The van der Waals surface area contributed by atoms with Crippen molar-refractivity contribution < 1.29 is 13.2 Å². The lowest BCUT2D eigenvalue weighted by molar-refractivity contribution is 0.102. The highest BCUT2D eigenvalue weighted by molar-refractivity contribution is 7.89. The molecule has 110 valence electrons. The highest BCUT2D eigenvalue weighted by atomic mass is 32.2. The van der Waals surface area contributed by atoms with Crippen LogP contribution in [-0.4, -0.2) is 14.3 Å². The average Bonchev–Trinajstić information content (AvgIpc) is 2.43. The van der Waals surface area contributed by atoms with E-state index < -0.39 is 10.0 Å². The molecule has 0 heterocycles. The van der Waals surface area contributed by atoms with E-state index >= 15 is 0 Å². The van der Waals surface area contributed by atoms with Gasteiger partial charge < -0.3 is 5.32 Å². The molecule has 6 heteroatoms. The number of amides is 1. The Balaban J connectivity index is 2.41. The molecule has 0 saturated carbocycles. The normalized spacial score (nSPS) is 11.2. The van der Waals surface area contributed by atoms with Crippen LogP contribution >= 0.6 is 0 Å². The van der Waals surface area contributed by atoms with Crippen molar-refractivity contribution in [1.29, 1.82) is 0 Å². The summed E-state index contributed by atoms with van der Waals surface area (Å²) < 4.78 is 22.9. The van der Waals surface area contributed by atoms with Crippen molar-refractivity contribution in [2.45, 2.75) is 18.7 Å². The monoisotopic (exact) mass is 304 g/mol. The van der Waals surface area contributed by atoms with Gasteiger partial charge in [-0.15, -0.1) is 0 Å². The summed E-state index contributed by atoms with van der Waals surface area (Å²) in [5, 5.41) is 7.87. The Bertz CT molecular complexity index is 784. The van der Waals surface area contributed by atoms with Crippen LogP contribution in [0.1, 0.15) is 21.5 Å². The number of sulfonamides is 1. The third kappa shape index (κ3) is 3.48. The van der Waals surface area contributed by atoms with Gasteiger partial charge in [0.05, 0.1) is 4.90 Å². The molecule has 2 rings (SSSR count). The minimum Gasteiger partial charge on any atom is -0.322 e. The summed E-state index contributed by atoms with van der Waals surface area (Å²) >= 11 is 0. The highest BCUT2D eigenvalue weighted by Gasteiger charge is 2.14. The van der Waals surface area contributed by atoms with Crippen LogP contribution in [0.15, 0.2) is 47.4 Å². The molecule has 21 heavy (non-hydrogen) atoms. The van der Waals surface area contributed by atoms with Gasteiger partial charge in [0, 0.05) is 11.3 Å². The van der Waals surface area contributed by atoms with Crippen LogP contribution in [0.5, 0.6) is 0 Å². The fourth-order valence-corrected chi connectivity index (χ4v) is 2.53. The first-order chi connectivity index (χ1) is 9.79. The Kier molecular flexibility index (Phi) is 4.11. The number of carbonyl (C=O) groups excluding carboxylic acids is 1. The van der Waals surface area contributed by atoms with Gasteiger partial charge in [-0.2, -0.15) is 0 Å². The van der Waals surface area contributed by atoms with Crippen LogP contribution in [0.3, 0.4) is 0 Å². The molecule has 0 saturated heterocycles. The zero-order valence-electron chi connectivity index (χ0n) is 11.8. The Hall–Kier alpha value is -2.18. The molecule has 0 aromatic heterocycles. The van der Waals surface area contributed by atoms with Crippen LogP contribution in [0.4, 0.5) is 5.69 Å². The van der Waals surface area contributed by atoms with Crippen LogP contribution in [0, 0.1) is 13.8 Å². The smallest absolute Gasteiger partial charge is 0.255 e. The molecule has 3 N–H and O–H groups in total. The molecule has 0 bridgehead atoms. The molecule has 1 amide bonds. The second-order valence-electron chi connectivity index (χ2n) is 4.78. The zero-order valence-corrected chi connectivity index (χ0v) is 12.6. The van der Waals surface area contributed by atoms with Gasteiger partial charge in [0.25, 0.3) is 5.91 Å². The summed E-state index contributed by atoms with van der Waals surface area (Å²) in [6.07, 6.45) is 0. The Morgan fingerprint density at radius 1 is 1.10 bits per heavy atom. The topological polar surface area (TPSA) is 89.3 Å². The molecule has 0 atom stereocenters. The van der Waals surface area contributed by atoms with Crippen LogP contribution in [0.25, 0.3) is 0 Å². The number of aryl methyl sites for hydroxylation is 1. The molecule has 0 radical (unpaired) electrons. The van der Waals surface area contributed by atoms with Gasteiger partial charge in [0.2, 0.25) is 10.0 Å². The maximum atomic E-state index is 12.1. The van der Waals surface area contributed by atoms with E-state index in [1.807, 2.05) is 13.0 Å². The van der Waals surface area contributed by atoms with E-state index in [-0.39, 0.29) is 10.8 Å². The van der Waals surface area contributed by atoms with Crippen molar-refractivity contribution in [1.82, 2.24) is 0 Å². The number of nitrogens with one attached hydrogen (secondary N) is 1. The van der Waals surface area contributed by atoms with E-state index in [0.717, 1.165) is 11.1 Å². The van der Waals surface area contributed by atoms with Crippen molar-refractivity contribution in [3.05, 3.63) is 59.2 Å². The second kappa shape index (κ2) is 5.67. The number of carbonyl (C=O) groups is 1. The summed E-state index contributed by atoms with van der Waals surface area (Å²) in [6.45, 7) is 3.57. The van der Waals surface area contributed by atoms with Crippen LogP contribution in [0.2, 0.25) is 0 Å². The van der Waals surface area contributed by atoms with Crippen molar-refractivity contribution in [2.75, 3.05) is 5.32 Å². The molecular formula is C15H16N2O3S. The van der Waals surface area contributed by atoms with E-state index in [4.69, 9.17) is 5.14 Å². The van der Waals surface area contributed by atoms with Gasteiger partial charge in [-0.1, -0.05) is 18.2 Å². The van der Waals surface area contributed by atoms with Gasteiger partial charge in [0.1, 0.15) is 0 Å². The van der Waals surface area contributed by atoms with E-state index in [0.29, 0.717) is 11.3 Å². The lowest BCUT2D eigenvalue weighted by atomic mass is 10.1. The molecule has 0 aliphatic rings. The lowest BCUT2D eigenvalue weighted by Crippen LogP contribution is -2.16. The summed E-state index contributed by atoms with van der Waals surface area (Å²) in [4.78, 5) is 12.1. The molecule has 0 spiro atoms. The fourth-order valence-electron chi connectivity index (χ4n) is 1.90. The molecule has 0 aliphatic heterocycles. The SMILES string of the molecule is Cc1cc(S(N)(=O)=O)cc(NC(=O)c2ccccc2)c1C. The van der Waals surface area contributed by atoms with Crippen molar-refractivity contribution >= 4 is 21.6 Å². The average molecular weight is 304 g/mol. The molecule has 5 nitrogen and oxygen atoms in total. The third-order valence-electron chi connectivity index (χ3n) is 3.25. The number of nitrogens with two attached hydrogens (primary N) is 1. The molecular weight excluding hydrogens is 288 g/mol. The Morgan fingerprint density at radius 2 is 1.71 bits per heavy atom. The van der Waals surface area contributed by atoms with Gasteiger partial charge in [-0.3, -0.25) is 4.79 Å². The minimum atomic E-state index is -3.82. The lowest BCUT2D eigenvalue weighted by Gasteiger charge is -2.12. The number of primary sulfonamides is 1.